The average Bonchev–Trinajstić information content (AvgIpc) is 2.09. The highest BCUT2D eigenvalue weighted by Crippen LogP contribution is 2.30. The Bertz CT molecular complexity index is 279. The quantitative estimate of drug-likeness (QED) is 0.649. The van der Waals surface area contributed by atoms with E-state index in [-0.39, 0.29) is 18.1 Å². The molecule has 1 aliphatic heterocycles. The van der Waals surface area contributed by atoms with Gasteiger partial charge in [-0.1, -0.05) is 13.0 Å². The minimum atomic E-state index is -1.02. The summed E-state index contributed by atoms with van der Waals surface area (Å²) >= 11 is 0. The topological polar surface area (TPSA) is 63.6 Å². The van der Waals surface area contributed by atoms with Gasteiger partial charge in [-0.3, -0.25) is 4.79 Å². The van der Waals surface area contributed by atoms with Gasteiger partial charge < -0.3 is 9.84 Å². The second-order valence-electron chi connectivity index (χ2n) is 3.32. The molecule has 0 bridgehead atoms. The van der Waals surface area contributed by atoms with Gasteiger partial charge in [0.15, 0.2) is 0 Å². The van der Waals surface area contributed by atoms with Crippen LogP contribution in [0.5, 0.6) is 0 Å². The first-order chi connectivity index (χ1) is 5.99. The van der Waals surface area contributed by atoms with E-state index in [1.54, 1.807) is 6.92 Å². The summed E-state index contributed by atoms with van der Waals surface area (Å²) in [4.78, 5) is 21.9. The van der Waals surface area contributed by atoms with Crippen LogP contribution in [0.2, 0.25) is 0 Å². The van der Waals surface area contributed by atoms with Crippen LogP contribution in [-0.2, 0) is 14.3 Å². The molecule has 0 unspecified atom stereocenters. The number of carbonyl (C=O) groups is 2. The number of hydrogen-bond donors (Lipinski definition) is 1. The minimum absolute atomic E-state index is 0.121. The van der Waals surface area contributed by atoms with Crippen molar-refractivity contribution in [2.24, 2.45) is 5.41 Å². The molecule has 0 radical (unpaired) electrons. The van der Waals surface area contributed by atoms with Gasteiger partial charge in [0.2, 0.25) is 0 Å². The van der Waals surface area contributed by atoms with E-state index < -0.39 is 11.4 Å². The molecule has 0 saturated heterocycles. The molecule has 1 atom stereocenters. The zero-order valence-electron chi connectivity index (χ0n) is 7.66. The van der Waals surface area contributed by atoms with Crippen molar-refractivity contribution in [1.82, 2.24) is 0 Å². The molecule has 0 aromatic carbocycles. The Balaban J connectivity index is 3.00. The SMILES string of the molecule is CC[C@]1(C)C=C(C(=O)O)COC1=O. The van der Waals surface area contributed by atoms with E-state index >= 15 is 0 Å². The molecule has 1 aliphatic rings. The maximum absolute atomic E-state index is 11.3. The molecule has 0 spiro atoms. The lowest BCUT2D eigenvalue weighted by atomic mass is 9.84. The Kier molecular flexibility index (Phi) is 2.40. The molecule has 4 nitrogen and oxygen atoms in total. The molecule has 0 saturated carbocycles. The summed E-state index contributed by atoms with van der Waals surface area (Å²) in [5, 5.41) is 8.69. The maximum Gasteiger partial charge on any atom is 0.334 e. The Labute approximate surface area is 76.2 Å². The summed E-state index contributed by atoms with van der Waals surface area (Å²) in [7, 11) is 0. The van der Waals surface area contributed by atoms with Gasteiger partial charge in [0, 0.05) is 0 Å². The van der Waals surface area contributed by atoms with Gasteiger partial charge in [0.1, 0.15) is 6.61 Å². The third kappa shape index (κ3) is 1.71. The lowest BCUT2D eigenvalue weighted by molar-refractivity contribution is -0.153. The normalized spacial score (nSPS) is 27.8. The molecular formula is C9H12O4. The van der Waals surface area contributed by atoms with Gasteiger partial charge in [0.25, 0.3) is 0 Å². The molecule has 72 valence electrons. The Hall–Kier alpha value is -1.32. The van der Waals surface area contributed by atoms with Crippen molar-refractivity contribution in [3.63, 3.8) is 0 Å². The number of carboxylic acid groups (broad SMARTS) is 1. The van der Waals surface area contributed by atoms with Crippen molar-refractivity contribution in [3.05, 3.63) is 11.6 Å². The maximum atomic E-state index is 11.3. The molecule has 0 aromatic rings. The number of carbonyl (C=O) groups excluding carboxylic acids is 1. The number of hydrogen-bond acceptors (Lipinski definition) is 3. The molecule has 1 N–H and O–H groups in total. The van der Waals surface area contributed by atoms with Crippen LogP contribution in [0.25, 0.3) is 0 Å². The molecule has 4 heteroatoms. The number of esters is 1. The van der Waals surface area contributed by atoms with Gasteiger partial charge in [-0.25, -0.2) is 4.79 Å². The van der Waals surface area contributed by atoms with Crippen molar-refractivity contribution in [2.45, 2.75) is 20.3 Å². The van der Waals surface area contributed by atoms with Crippen LogP contribution in [0, 0.1) is 5.41 Å². The third-order valence-corrected chi connectivity index (χ3v) is 2.33. The van der Waals surface area contributed by atoms with Gasteiger partial charge in [-0.2, -0.15) is 0 Å². The number of ether oxygens (including phenoxy) is 1. The summed E-state index contributed by atoms with van der Waals surface area (Å²) in [6.07, 6.45) is 2.03. The van der Waals surface area contributed by atoms with Crippen molar-refractivity contribution in [2.75, 3.05) is 6.61 Å². The van der Waals surface area contributed by atoms with E-state index in [1.807, 2.05) is 6.92 Å². The highest BCUT2D eigenvalue weighted by atomic mass is 16.5. The number of aliphatic carboxylic acids is 1. The summed E-state index contributed by atoms with van der Waals surface area (Å²) in [6.45, 7) is 3.38. The highest BCUT2D eigenvalue weighted by Gasteiger charge is 2.36. The zero-order valence-corrected chi connectivity index (χ0v) is 7.66. The van der Waals surface area contributed by atoms with E-state index in [2.05, 4.69) is 0 Å². The first-order valence-electron chi connectivity index (χ1n) is 4.12. The number of cyclic esters (lactones) is 1. The Morgan fingerprint density at radius 3 is 2.85 bits per heavy atom. The van der Waals surface area contributed by atoms with E-state index in [4.69, 9.17) is 9.84 Å². The fraction of sp³-hybridized carbons (Fsp3) is 0.556. The van der Waals surface area contributed by atoms with Crippen LogP contribution in [0.15, 0.2) is 11.6 Å². The lowest BCUT2D eigenvalue weighted by Crippen LogP contribution is -2.33. The van der Waals surface area contributed by atoms with E-state index in [0.29, 0.717) is 6.42 Å². The van der Waals surface area contributed by atoms with E-state index in [9.17, 15) is 9.59 Å². The molecule has 0 fully saturated rings. The first kappa shape index (κ1) is 9.77. The Morgan fingerprint density at radius 2 is 2.38 bits per heavy atom. The number of carboxylic acids is 1. The summed E-state index contributed by atoms with van der Waals surface area (Å²) in [6, 6.07) is 0. The predicted octanol–water partition coefficient (Wildman–Crippen LogP) is 0.971. The van der Waals surface area contributed by atoms with Crippen LogP contribution in [0.3, 0.4) is 0 Å². The fourth-order valence-electron chi connectivity index (χ4n) is 1.16. The zero-order chi connectivity index (χ0) is 10.1. The molecular weight excluding hydrogens is 172 g/mol. The molecule has 0 aliphatic carbocycles. The van der Waals surface area contributed by atoms with Gasteiger partial charge >= 0.3 is 11.9 Å². The summed E-state index contributed by atoms with van der Waals surface area (Å²) < 4.78 is 4.77. The first-order valence-corrected chi connectivity index (χ1v) is 4.12. The van der Waals surface area contributed by atoms with Crippen LogP contribution in [-0.4, -0.2) is 23.7 Å². The second kappa shape index (κ2) is 3.20. The monoisotopic (exact) mass is 184 g/mol. The van der Waals surface area contributed by atoms with E-state index in [1.165, 1.54) is 6.08 Å². The molecule has 1 heterocycles. The molecule has 1 rings (SSSR count). The highest BCUT2D eigenvalue weighted by molar-refractivity contribution is 5.91. The third-order valence-electron chi connectivity index (χ3n) is 2.33. The Morgan fingerprint density at radius 1 is 1.77 bits per heavy atom. The van der Waals surface area contributed by atoms with Crippen molar-refractivity contribution >= 4 is 11.9 Å². The van der Waals surface area contributed by atoms with Crippen LogP contribution in [0.1, 0.15) is 20.3 Å². The van der Waals surface area contributed by atoms with Crippen molar-refractivity contribution in [3.8, 4) is 0 Å². The summed E-state index contributed by atoms with van der Waals surface area (Å²) in [5.74, 6) is -1.37. The van der Waals surface area contributed by atoms with Gasteiger partial charge in [-0.05, 0) is 13.3 Å². The predicted molar refractivity (Wildman–Crippen MR) is 45.1 cm³/mol. The minimum Gasteiger partial charge on any atom is -0.478 e. The molecule has 13 heavy (non-hydrogen) atoms. The van der Waals surface area contributed by atoms with Crippen molar-refractivity contribution < 1.29 is 19.4 Å². The van der Waals surface area contributed by atoms with Gasteiger partial charge in [0.05, 0.1) is 11.0 Å². The number of rotatable bonds is 2. The lowest BCUT2D eigenvalue weighted by Gasteiger charge is -2.27. The van der Waals surface area contributed by atoms with E-state index in [0.717, 1.165) is 0 Å². The summed E-state index contributed by atoms with van der Waals surface area (Å²) in [5.41, 5.74) is -0.615. The smallest absolute Gasteiger partial charge is 0.334 e. The second-order valence-corrected chi connectivity index (χ2v) is 3.32. The van der Waals surface area contributed by atoms with Gasteiger partial charge in [-0.15, -0.1) is 0 Å². The van der Waals surface area contributed by atoms with Crippen LogP contribution < -0.4 is 0 Å². The molecule has 0 amide bonds. The molecule has 0 aromatic heterocycles. The van der Waals surface area contributed by atoms with Crippen LogP contribution in [0.4, 0.5) is 0 Å². The largest absolute Gasteiger partial charge is 0.478 e. The average molecular weight is 184 g/mol. The fourth-order valence-corrected chi connectivity index (χ4v) is 1.16. The van der Waals surface area contributed by atoms with Crippen molar-refractivity contribution in [1.29, 1.82) is 0 Å². The standard InChI is InChI=1S/C9H12O4/c1-3-9(2)4-6(7(10)11)5-13-8(9)12/h4H,3,5H2,1-2H3,(H,10,11)/t9-/m1/s1. The van der Waals surface area contributed by atoms with Crippen LogP contribution >= 0.6 is 0 Å².